The van der Waals surface area contributed by atoms with Crippen LogP contribution in [0, 0.1) is 5.92 Å². The van der Waals surface area contributed by atoms with Gasteiger partial charge >= 0.3 is 6.16 Å². The minimum absolute atomic E-state index is 0.0392. The molecule has 1 saturated heterocycles. The van der Waals surface area contributed by atoms with E-state index in [1.165, 1.54) is 24.3 Å². The van der Waals surface area contributed by atoms with Gasteiger partial charge in [0.25, 0.3) is 5.91 Å². The van der Waals surface area contributed by atoms with E-state index in [1.807, 2.05) is 30.3 Å². The van der Waals surface area contributed by atoms with Crippen LogP contribution in [0.4, 0.5) is 4.79 Å². The first-order valence-corrected chi connectivity index (χ1v) is 10.8. The first-order chi connectivity index (χ1) is 16.0. The molecule has 2 N–H and O–H groups in total. The summed E-state index contributed by atoms with van der Waals surface area (Å²) in [6, 6.07) is 15.7. The second-order valence-electron chi connectivity index (χ2n) is 7.52. The summed E-state index contributed by atoms with van der Waals surface area (Å²) in [6.07, 6.45) is -0.622. The zero-order valence-corrected chi connectivity index (χ0v) is 18.4. The number of carbonyl (C=O) groups is 4. The van der Waals surface area contributed by atoms with E-state index < -0.39 is 12.1 Å². The SMILES string of the molecule is CCOC(=O)Oc1ccc(C(=O)NCCNC(=O)C2CC(=O)N(Cc3ccccc3)C2)cc1. The Labute approximate surface area is 192 Å². The monoisotopic (exact) mass is 453 g/mol. The maximum absolute atomic E-state index is 12.4. The van der Waals surface area contributed by atoms with Gasteiger partial charge in [-0.05, 0) is 36.8 Å². The third-order valence-electron chi connectivity index (χ3n) is 5.09. The Bertz CT molecular complexity index is 977. The molecule has 0 saturated carbocycles. The summed E-state index contributed by atoms with van der Waals surface area (Å²) >= 11 is 0. The molecule has 1 fully saturated rings. The fourth-order valence-electron chi connectivity index (χ4n) is 3.43. The predicted octanol–water partition coefficient (Wildman–Crippen LogP) is 2.12. The fraction of sp³-hybridized carbons (Fsp3) is 0.333. The number of benzene rings is 2. The molecule has 0 aromatic heterocycles. The van der Waals surface area contributed by atoms with Crippen molar-refractivity contribution in [3.8, 4) is 5.75 Å². The number of hydrogen-bond acceptors (Lipinski definition) is 6. The van der Waals surface area contributed by atoms with Crippen molar-refractivity contribution >= 4 is 23.9 Å². The molecular formula is C24H27N3O6. The third-order valence-corrected chi connectivity index (χ3v) is 5.09. The summed E-state index contributed by atoms with van der Waals surface area (Å²) in [6.45, 7) is 3.23. The Morgan fingerprint density at radius 2 is 1.70 bits per heavy atom. The summed E-state index contributed by atoms with van der Waals surface area (Å²) in [5.41, 5.74) is 1.41. The van der Waals surface area contributed by atoms with Gasteiger partial charge in [-0.2, -0.15) is 0 Å². The molecule has 3 rings (SSSR count). The first-order valence-electron chi connectivity index (χ1n) is 10.8. The van der Waals surface area contributed by atoms with Crippen molar-refractivity contribution in [2.45, 2.75) is 19.9 Å². The largest absolute Gasteiger partial charge is 0.513 e. The van der Waals surface area contributed by atoms with Crippen molar-refractivity contribution in [1.29, 1.82) is 0 Å². The van der Waals surface area contributed by atoms with Gasteiger partial charge in [-0.3, -0.25) is 14.4 Å². The summed E-state index contributed by atoms with van der Waals surface area (Å²) in [5, 5.41) is 5.49. The van der Waals surface area contributed by atoms with Crippen LogP contribution in [-0.2, 0) is 20.9 Å². The van der Waals surface area contributed by atoms with Gasteiger partial charge in [0.1, 0.15) is 5.75 Å². The lowest BCUT2D eigenvalue weighted by Gasteiger charge is -2.16. The molecule has 3 amide bonds. The van der Waals surface area contributed by atoms with Crippen LogP contribution in [-0.4, -0.2) is 55.0 Å². The van der Waals surface area contributed by atoms with Gasteiger partial charge in [0.15, 0.2) is 0 Å². The Morgan fingerprint density at radius 3 is 2.39 bits per heavy atom. The van der Waals surface area contributed by atoms with Crippen LogP contribution in [0.2, 0.25) is 0 Å². The summed E-state index contributed by atoms with van der Waals surface area (Å²) < 4.78 is 9.63. The molecule has 0 radical (unpaired) electrons. The lowest BCUT2D eigenvalue weighted by molar-refractivity contribution is -0.129. The number of nitrogens with one attached hydrogen (secondary N) is 2. The quantitative estimate of drug-likeness (QED) is 0.342. The highest BCUT2D eigenvalue weighted by atomic mass is 16.7. The molecule has 0 aliphatic carbocycles. The standard InChI is InChI=1S/C24H27N3O6/c1-2-32-24(31)33-20-10-8-18(9-11-20)22(29)25-12-13-26-23(30)19-14-21(28)27(16-19)15-17-6-4-3-5-7-17/h3-11,19H,2,12-16H2,1H3,(H,25,29)(H,26,30). The molecule has 1 heterocycles. The third kappa shape index (κ3) is 7.06. The van der Waals surface area contributed by atoms with E-state index in [1.54, 1.807) is 11.8 Å². The lowest BCUT2D eigenvalue weighted by Crippen LogP contribution is -2.38. The van der Waals surface area contributed by atoms with Gasteiger partial charge in [0, 0.05) is 38.2 Å². The summed E-state index contributed by atoms with van der Waals surface area (Å²) in [5.74, 6) is -0.693. The second kappa shape index (κ2) is 11.7. The normalized spacial score (nSPS) is 15.1. The average molecular weight is 453 g/mol. The minimum atomic E-state index is -0.808. The van der Waals surface area contributed by atoms with Gasteiger partial charge in [-0.25, -0.2) is 4.79 Å². The van der Waals surface area contributed by atoms with E-state index in [0.29, 0.717) is 18.7 Å². The molecule has 9 heteroatoms. The van der Waals surface area contributed by atoms with E-state index >= 15 is 0 Å². The molecule has 2 aromatic rings. The molecule has 33 heavy (non-hydrogen) atoms. The Balaban J connectivity index is 1.37. The molecule has 0 spiro atoms. The number of nitrogens with zero attached hydrogens (tertiary/aromatic N) is 1. The molecule has 1 unspecified atom stereocenters. The molecule has 1 aliphatic heterocycles. The highest BCUT2D eigenvalue weighted by Gasteiger charge is 2.33. The van der Waals surface area contributed by atoms with E-state index in [-0.39, 0.29) is 49.6 Å². The first kappa shape index (κ1) is 23.8. The Morgan fingerprint density at radius 1 is 1.00 bits per heavy atom. The molecule has 1 aliphatic rings. The van der Waals surface area contributed by atoms with Gasteiger partial charge in [-0.15, -0.1) is 0 Å². The maximum atomic E-state index is 12.4. The zero-order chi connectivity index (χ0) is 23.6. The van der Waals surface area contributed by atoms with Gasteiger partial charge < -0.3 is 25.0 Å². The minimum Gasteiger partial charge on any atom is -0.434 e. The second-order valence-corrected chi connectivity index (χ2v) is 7.52. The molecule has 174 valence electrons. The van der Waals surface area contributed by atoms with E-state index in [2.05, 4.69) is 15.4 Å². The lowest BCUT2D eigenvalue weighted by atomic mass is 10.1. The van der Waals surface area contributed by atoms with Crippen molar-refractivity contribution in [1.82, 2.24) is 15.5 Å². The highest BCUT2D eigenvalue weighted by Crippen LogP contribution is 2.20. The van der Waals surface area contributed by atoms with Crippen molar-refractivity contribution in [3.63, 3.8) is 0 Å². The maximum Gasteiger partial charge on any atom is 0.513 e. The topological polar surface area (TPSA) is 114 Å². The molecule has 1 atom stereocenters. The van der Waals surface area contributed by atoms with Crippen LogP contribution in [0.25, 0.3) is 0 Å². The predicted molar refractivity (Wildman–Crippen MR) is 119 cm³/mol. The molecule has 2 aromatic carbocycles. The van der Waals surface area contributed by atoms with Crippen molar-refractivity contribution in [3.05, 3.63) is 65.7 Å². The van der Waals surface area contributed by atoms with Crippen LogP contribution in [0.15, 0.2) is 54.6 Å². The summed E-state index contributed by atoms with van der Waals surface area (Å²) in [7, 11) is 0. The number of hydrogen-bond donors (Lipinski definition) is 2. The highest BCUT2D eigenvalue weighted by molar-refractivity contribution is 5.94. The number of rotatable bonds is 9. The van der Waals surface area contributed by atoms with Crippen LogP contribution in [0.5, 0.6) is 5.75 Å². The van der Waals surface area contributed by atoms with Crippen LogP contribution < -0.4 is 15.4 Å². The zero-order valence-electron chi connectivity index (χ0n) is 18.4. The van der Waals surface area contributed by atoms with Crippen LogP contribution in [0.3, 0.4) is 0 Å². The van der Waals surface area contributed by atoms with E-state index in [9.17, 15) is 19.2 Å². The Kier molecular flexibility index (Phi) is 8.40. The van der Waals surface area contributed by atoms with Gasteiger partial charge in [0.05, 0.1) is 12.5 Å². The van der Waals surface area contributed by atoms with Gasteiger partial charge in [-0.1, -0.05) is 30.3 Å². The number of ether oxygens (including phenoxy) is 2. The summed E-state index contributed by atoms with van der Waals surface area (Å²) in [4.78, 5) is 49.9. The average Bonchev–Trinajstić information content (AvgIpc) is 3.18. The number of likely N-dealkylation sites (tertiary alicyclic amines) is 1. The fourth-order valence-corrected chi connectivity index (χ4v) is 3.43. The van der Waals surface area contributed by atoms with E-state index in [0.717, 1.165) is 5.56 Å². The van der Waals surface area contributed by atoms with Crippen molar-refractivity contribution < 1.29 is 28.7 Å². The van der Waals surface area contributed by atoms with Crippen molar-refractivity contribution in [2.75, 3.05) is 26.2 Å². The van der Waals surface area contributed by atoms with E-state index in [4.69, 9.17) is 4.74 Å². The van der Waals surface area contributed by atoms with Crippen LogP contribution in [0.1, 0.15) is 29.3 Å². The van der Waals surface area contributed by atoms with Gasteiger partial charge in [0.2, 0.25) is 11.8 Å². The van der Waals surface area contributed by atoms with Crippen LogP contribution >= 0.6 is 0 Å². The Hall–Kier alpha value is -3.88. The molecular weight excluding hydrogens is 426 g/mol. The van der Waals surface area contributed by atoms with Crippen molar-refractivity contribution in [2.24, 2.45) is 5.92 Å². The number of carbonyl (C=O) groups excluding carboxylic acids is 4. The molecule has 9 nitrogen and oxygen atoms in total. The molecule has 0 bridgehead atoms. The smallest absolute Gasteiger partial charge is 0.434 e. The number of amides is 3.